The monoisotopic (exact) mass is 1510 g/mol. The van der Waals surface area contributed by atoms with Gasteiger partial charge < -0.3 is 33.8 Å². The minimum atomic E-state index is -4.97. The van der Waals surface area contributed by atoms with Crippen LogP contribution in [0.25, 0.3) is 0 Å². The van der Waals surface area contributed by atoms with Crippen molar-refractivity contribution in [2.24, 2.45) is 23.7 Å². The van der Waals surface area contributed by atoms with Crippen LogP contribution in [-0.2, 0) is 65.4 Å². The van der Waals surface area contributed by atoms with Crippen LogP contribution in [0.4, 0.5) is 0 Å². The number of ether oxygens (including phenoxy) is 4. The second-order valence-electron chi connectivity index (χ2n) is 31.9. The topological polar surface area (TPSA) is 237 Å². The number of rotatable bonds is 81. The Morgan fingerprint density at radius 1 is 0.272 bits per heavy atom. The molecule has 0 amide bonds. The largest absolute Gasteiger partial charge is 0.472 e. The molecule has 103 heavy (non-hydrogen) atoms. The zero-order chi connectivity index (χ0) is 76.0. The van der Waals surface area contributed by atoms with E-state index in [-0.39, 0.29) is 25.7 Å². The van der Waals surface area contributed by atoms with Crippen molar-refractivity contribution in [3.05, 3.63) is 0 Å². The van der Waals surface area contributed by atoms with Gasteiger partial charge in [0.15, 0.2) is 12.2 Å². The molecule has 0 rings (SSSR count). The minimum absolute atomic E-state index is 0.105. The van der Waals surface area contributed by atoms with Gasteiger partial charge in [0.1, 0.15) is 19.3 Å². The van der Waals surface area contributed by atoms with Crippen molar-refractivity contribution in [1.82, 2.24) is 0 Å². The number of esters is 4. The average Bonchev–Trinajstić information content (AvgIpc) is 0.912. The van der Waals surface area contributed by atoms with E-state index >= 15 is 0 Å². The lowest BCUT2D eigenvalue weighted by molar-refractivity contribution is -0.161. The molecule has 612 valence electrons. The van der Waals surface area contributed by atoms with Crippen LogP contribution in [0.5, 0.6) is 0 Å². The van der Waals surface area contributed by atoms with E-state index < -0.39 is 97.5 Å². The zero-order valence-electron chi connectivity index (χ0n) is 68.0. The Balaban J connectivity index is 5.23. The van der Waals surface area contributed by atoms with E-state index in [1.165, 1.54) is 231 Å². The molecule has 0 aliphatic heterocycles. The molecule has 3 unspecified atom stereocenters. The lowest BCUT2D eigenvalue weighted by Crippen LogP contribution is -2.30. The molecule has 0 aliphatic carbocycles. The zero-order valence-corrected chi connectivity index (χ0v) is 69.7. The Labute approximate surface area is 632 Å². The van der Waals surface area contributed by atoms with Crippen molar-refractivity contribution in [2.45, 2.75) is 453 Å². The highest BCUT2D eigenvalue weighted by molar-refractivity contribution is 7.47. The van der Waals surface area contributed by atoms with Gasteiger partial charge in [-0.2, -0.15) is 0 Å². The van der Waals surface area contributed by atoms with E-state index in [1.807, 2.05) is 0 Å². The highest BCUT2D eigenvalue weighted by Gasteiger charge is 2.30. The summed E-state index contributed by atoms with van der Waals surface area (Å²) in [6.07, 6.45) is 61.2. The molecule has 17 nitrogen and oxygen atoms in total. The van der Waals surface area contributed by atoms with Gasteiger partial charge in [0.25, 0.3) is 0 Å². The predicted octanol–water partition coefficient (Wildman–Crippen LogP) is 25.2. The summed E-state index contributed by atoms with van der Waals surface area (Å²) in [6.45, 7) is 14.3. The van der Waals surface area contributed by atoms with Gasteiger partial charge >= 0.3 is 39.5 Å². The van der Waals surface area contributed by atoms with E-state index in [0.717, 1.165) is 120 Å². The van der Waals surface area contributed by atoms with Crippen LogP contribution in [0.15, 0.2) is 0 Å². The minimum Gasteiger partial charge on any atom is -0.462 e. The maximum atomic E-state index is 13.1. The Morgan fingerprint density at radius 2 is 0.466 bits per heavy atom. The van der Waals surface area contributed by atoms with Crippen LogP contribution in [0.1, 0.15) is 434 Å². The smallest absolute Gasteiger partial charge is 0.462 e. The fraction of sp³-hybridized carbons (Fsp3) is 0.952. The first-order chi connectivity index (χ1) is 49.6. The number of hydrogen-bond donors (Lipinski definition) is 3. The number of carbonyl (C=O) groups is 4. The third-order valence-corrected chi connectivity index (χ3v) is 21.8. The molecular formula is C84H164O17P2. The number of hydrogen-bond acceptors (Lipinski definition) is 15. The molecule has 19 heteroatoms. The summed E-state index contributed by atoms with van der Waals surface area (Å²) < 4.78 is 68.8. The lowest BCUT2D eigenvalue weighted by atomic mass is 10.00. The number of unbranched alkanes of at least 4 members (excludes halogenated alkanes) is 46. The molecule has 0 aromatic rings. The number of aliphatic hydroxyl groups excluding tert-OH is 1. The third-order valence-electron chi connectivity index (χ3n) is 19.9. The highest BCUT2D eigenvalue weighted by Crippen LogP contribution is 2.45. The number of aliphatic hydroxyl groups is 1. The molecule has 0 aliphatic rings. The molecule has 0 bridgehead atoms. The first kappa shape index (κ1) is 101. The van der Waals surface area contributed by atoms with Gasteiger partial charge in [-0.15, -0.1) is 0 Å². The van der Waals surface area contributed by atoms with Crippen LogP contribution in [-0.4, -0.2) is 96.7 Å². The Bertz CT molecular complexity index is 2010. The summed E-state index contributed by atoms with van der Waals surface area (Å²) in [5.41, 5.74) is 0. The van der Waals surface area contributed by atoms with Gasteiger partial charge in [-0.25, -0.2) is 9.13 Å². The summed E-state index contributed by atoms with van der Waals surface area (Å²) in [5.74, 6) is 1.01. The predicted molar refractivity (Wildman–Crippen MR) is 423 cm³/mol. The lowest BCUT2D eigenvalue weighted by Gasteiger charge is -2.21. The number of phosphoric acid groups is 2. The summed E-state index contributed by atoms with van der Waals surface area (Å²) in [4.78, 5) is 73.1. The van der Waals surface area contributed by atoms with E-state index in [0.29, 0.717) is 25.7 Å². The normalized spacial score (nSPS) is 14.2. The summed E-state index contributed by atoms with van der Waals surface area (Å²) in [6, 6.07) is 0. The second-order valence-corrected chi connectivity index (χ2v) is 34.8. The summed E-state index contributed by atoms with van der Waals surface area (Å²) >= 11 is 0. The quantitative estimate of drug-likeness (QED) is 0.0222. The van der Waals surface area contributed by atoms with Gasteiger partial charge in [-0.05, 0) is 49.4 Å². The van der Waals surface area contributed by atoms with Crippen molar-refractivity contribution in [1.29, 1.82) is 0 Å². The molecule has 0 saturated carbocycles. The van der Waals surface area contributed by atoms with Gasteiger partial charge in [-0.3, -0.25) is 37.3 Å². The first-order valence-corrected chi connectivity index (χ1v) is 46.2. The van der Waals surface area contributed by atoms with Crippen molar-refractivity contribution >= 4 is 39.5 Å². The van der Waals surface area contributed by atoms with E-state index in [4.69, 9.17) is 37.0 Å². The van der Waals surface area contributed by atoms with Crippen LogP contribution in [0.2, 0.25) is 0 Å². The molecule has 3 N–H and O–H groups in total. The number of phosphoric ester groups is 2. The Morgan fingerprint density at radius 3 is 0.689 bits per heavy atom. The molecule has 0 aromatic heterocycles. The maximum Gasteiger partial charge on any atom is 0.472 e. The standard InChI is InChI=1S/C84H164O17P2/c1-9-77(8)63-55-47-42-43-49-57-65-82(87)95-71-80(101-84(89)67-59-51-41-35-29-23-26-32-38-46-54-62-76(6)7)73-99-103(92,93)97-69-78(85)68-96-102(90,91)98-72-79(100-83(88)66-58-50-40-34-28-22-18-14-16-20-25-31-37-45-53-61-75(4)5)70-94-81(86)64-56-48-39-33-27-21-17-13-11-10-12-15-19-24-30-36-44-52-60-74(2)3/h74-80,85H,9-73H2,1-8H3,(H,90,91)(H,92,93)/t77?,78-,79-,80-/m1/s1. The molecule has 6 atom stereocenters. The Kier molecular flexibility index (Phi) is 71.5. The van der Waals surface area contributed by atoms with E-state index in [1.54, 1.807) is 0 Å². The summed E-state index contributed by atoms with van der Waals surface area (Å²) in [5, 5.41) is 10.7. The average molecular weight is 1510 g/mol. The van der Waals surface area contributed by atoms with Gasteiger partial charge in [0.2, 0.25) is 0 Å². The molecule has 0 saturated heterocycles. The van der Waals surface area contributed by atoms with Crippen LogP contribution in [0.3, 0.4) is 0 Å². The summed E-state index contributed by atoms with van der Waals surface area (Å²) in [7, 11) is -9.93. The van der Waals surface area contributed by atoms with Gasteiger partial charge in [0.05, 0.1) is 26.4 Å². The van der Waals surface area contributed by atoms with Crippen molar-refractivity contribution in [3.63, 3.8) is 0 Å². The van der Waals surface area contributed by atoms with Crippen molar-refractivity contribution in [3.8, 4) is 0 Å². The molecule has 0 spiro atoms. The van der Waals surface area contributed by atoms with Crippen LogP contribution in [0, 0.1) is 23.7 Å². The Hall–Kier alpha value is -1.94. The highest BCUT2D eigenvalue weighted by atomic mass is 31.2. The SMILES string of the molecule is CCC(C)CCCCCCCCC(=O)OC[C@H](COP(=O)(O)OC[C@H](O)COP(=O)(O)OC[C@@H](COC(=O)CCCCCCCCCCCCCCCCCCCCC(C)C)OC(=O)CCCCCCCCCCCCCCCCCC(C)C)OC(=O)CCCCCCCCCCCCCC(C)C. The van der Waals surface area contributed by atoms with Crippen molar-refractivity contribution in [2.75, 3.05) is 39.6 Å². The molecule has 0 aromatic carbocycles. The molecule has 0 radical (unpaired) electrons. The third kappa shape index (κ3) is 76.6. The van der Waals surface area contributed by atoms with E-state index in [9.17, 15) is 43.2 Å². The van der Waals surface area contributed by atoms with Gasteiger partial charge in [0, 0.05) is 25.7 Å². The van der Waals surface area contributed by atoms with Crippen LogP contribution < -0.4 is 0 Å². The van der Waals surface area contributed by atoms with E-state index in [2.05, 4.69) is 55.4 Å². The van der Waals surface area contributed by atoms with Crippen molar-refractivity contribution < 1.29 is 80.2 Å². The fourth-order valence-electron chi connectivity index (χ4n) is 12.9. The number of carbonyl (C=O) groups excluding carboxylic acids is 4. The molecule has 0 fully saturated rings. The molecule has 0 heterocycles. The second kappa shape index (κ2) is 72.9. The van der Waals surface area contributed by atoms with Crippen LogP contribution >= 0.6 is 15.6 Å². The van der Waals surface area contributed by atoms with Gasteiger partial charge in [-0.1, -0.05) is 383 Å². The first-order valence-electron chi connectivity index (χ1n) is 43.2. The maximum absolute atomic E-state index is 13.1. The fourth-order valence-corrected chi connectivity index (χ4v) is 14.5. The molecular weight excluding hydrogens is 1340 g/mol.